The molecule has 0 amide bonds. The molecule has 2 aromatic rings. The number of aromatic nitrogens is 1. The number of methoxy groups -OCH3 is 1. The van der Waals surface area contributed by atoms with Gasteiger partial charge in [0.2, 0.25) is 0 Å². The number of carbonyl (C=O) groups is 1. The first kappa shape index (κ1) is 15.3. The summed E-state index contributed by atoms with van der Waals surface area (Å²) in [5, 5.41) is 6.17. The van der Waals surface area contributed by atoms with Gasteiger partial charge in [0.05, 0.1) is 12.7 Å². The Balaban J connectivity index is 2.37. The van der Waals surface area contributed by atoms with E-state index in [9.17, 15) is 4.79 Å². The molecule has 110 valence electrons. The van der Waals surface area contributed by atoms with Crippen molar-refractivity contribution in [2.75, 3.05) is 12.4 Å². The third-order valence-electron chi connectivity index (χ3n) is 3.01. The summed E-state index contributed by atoms with van der Waals surface area (Å²) in [5.41, 5.74) is 2.42. The van der Waals surface area contributed by atoms with E-state index in [-0.39, 0.29) is 12.0 Å². The maximum atomic E-state index is 12.0. The van der Waals surface area contributed by atoms with Gasteiger partial charge < -0.3 is 10.1 Å². The van der Waals surface area contributed by atoms with Gasteiger partial charge >= 0.3 is 5.97 Å². The highest BCUT2D eigenvalue weighted by Crippen LogP contribution is 2.29. The number of anilines is 1. The molecule has 0 saturated heterocycles. The van der Waals surface area contributed by atoms with Crippen molar-refractivity contribution in [1.29, 1.82) is 0 Å². The summed E-state index contributed by atoms with van der Waals surface area (Å²) in [6, 6.07) is 9.43. The van der Waals surface area contributed by atoms with Crippen LogP contribution in [0.3, 0.4) is 0 Å². The van der Waals surface area contributed by atoms with Crippen LogP contribution in [0.4, 0.5) is 5.69 Å². The molecule has 0 radical (unpaired) electrons. The number of carbonyl (C=O) groups excluding carboxylic acids is 1. The van der Waals surface area contributed by atoms with Gasteiger partial charge in [-0.1, -0.05) is 24.3 Å². The van der Waals surface area contributed by atoms with E-state index in [2.05, 4.69) is 10.3 Å². The molecular formula is C16H18N2O2S. The molecule has 0 fully saturated rings. The summed E-state index contributed by atoms with van der Waals surface area (Å²) in [7, 11) is 1.39. The quantitative estimate of drug-likeness (QED) is 0.675. The number of allylic oxidation sites excluding steroid dienone is 1. The molecule has 0 aliphatic carbocycles. The van der Waals surface area contributed by atoms with Crippen LogP contribution in [0, 0.1) is 6.92 Å². The monoisotopic (exact) mass is 302 g/mol. The molecule has 1 N–H and O–H groups in total. The number of esters is 1. The number of nitrogens with zero attached hydrogens (tertiary/aromatic N) is 1. The van der Waals surface area contributed by atoms with Gasteiger partial charge in [0.1, 0.15) is 11.0 Å². The van der Waals surface area contributed by atoms with Crippen molar-refractivity contribution in [2.45, 2.75) is 19.9 Å². The molecule has 0 aliphatic heterocycles. The summed E-state index contributed by atoms with van der Waals surface area (Å²) in [6.45, 7) is 3.76. The lowest BCUT2D eigenvalue weighted by molar-refractivity contribution is -0.136. The van der Waals surface area contributed by atoms with E-state index in [4.69, 9.17) is 4.74 Å². The minimum atomic E-state index is -0.348. The summed E-state index contributed by atoms with van der Waals surface area (Å²) < 4.78 is 4.88. The number of para-hydroxylation sites is 1. The maximum absolute atomic E-state index is 12.0. The van der Waals surface area contributed by atoms with E-state index >= 15 is 0 Å². The van der Waals surface area contributed by atoms with Gasteiger partial charge in [-0.05, 0) is 26.0 Å². The van der Waals surface area contributed by atoms with E-state index in [1.54, 1.807) is 6.08 Å². The van der Waals surface area contributed by atoms with E-state index in [1.165, 1.54) is 18.4 Å². The summed E-state index contributed by atoms with van der Waals surface area (Å²) in [5.74, 6) is -0.348. The van der Waals surface area contributed by atoms with Gasteiger partial charge in [-0.15, -0.1) is 11.3 Å². The van der Waals surface area contributed by atoms with Crippen molar-refractivity contribution < 1.29 is 9.53 Å². The normalized spacial score (nSPS) is 12.8. The Morgan fingerprint density at radius 1 is 1.38 bits per heavy atom. The van der Waals surface area contributed by atoms with Crippen LogP contribution >= 0.6 is 11.3 Å². The molecular weight excluding hydrogens is 284 g/mol. The second-order valence-corrected chi connectivity index (χ2v) is 5.40. The number of benzene rings is 1. The molecule has 0 saturated carbocycles. The summed E-state index contributed by atoms with van der Waals surface area (Å²) >= 11 is 1.53. The number of rotatable bonds is 5. The van der Waals surface area contributed by atoms with E-state index < -0.39 is 0 Å². The Labute approximate surface area is 128 Å². The summed E-state index contributed by atoms with van der Waals surface area (Å²) in [6.07, 6.45) is 1.77. The Bertz CT molecular complexity index is 635. The molecule has 0 bridgehead atoms. The highest BCUT2D eigenvalue weighted by atomic mass is 32.1. The zero-order valence-electron chi connectivity index (χ0n) is 12.3. The van der Waals surface area contributed by atoms with Gasteiger partial charge in [-0.2, -0.15) is 0 Å². The third-order valence-corrected chi connectivity index (χ3v) is 4.04. The molecule has 1 unspecified atom stereocenters. The molecule has 4 nitrogen and oxygen atoms in total. The molecule has 21 heavy (non-hydrogen) atoms. The van der Waals surface area contributed by atoms with E-state index in [0.29, 0.717) is 5.57 Å². The maximum Gasteiger partial charge on any atom is 0.335 e. The minimum absolute atomic E-state index is 0.316. The predicted octanol–water partition coefficient (Wildman–Crippen LogP) is 3.72. The van der Waals surface area contributed by atoms with Crippen molar-refractivity contribution in [3.05, 3.63) is 58.1 Å². The fourth-order valence-electron chi connectivity index (χ4n) is 2.00. The Morgan fingerprint density at radius 3 is 2.62 bits per heavy atom. The first-order chi connectivity index (χ1) is 10.2. The molecule has 2 rings (SSSR count). The third kappa shape index (κ3) is 3.70. The minimum Gasteiger partial charge on any atom is -0.466 e. The lowest BCUT2D eigenvalue weighted by atomic mass is 10.1. The number of thiazole rings is 1. The van der Waals surface area contributed by atoms with Crippen molar-refractivity contribution in [3.8, 4) is 0 Å². The van der Waals surface area contributed by atoms with Crippen molar-refractivity contribution >= 4 is 23.0 Å². The van der Waals surface area contributed by atoms with Crippen LogP contribution in [-0.2, 0) is 9.53 Å². The molecule has 1 aromatic carbocycles. The number of hydrogen-bond donors (Lipinski definition) is 1. The van der Waals surface area contributed by atoms with Crippen LogP contribution in [0.5, 0.6) is 0 Å². The predicted molar refractivity (Wildman–Crippen MR) is 85.4 cm³/mol. The van der Waals surface area contributed by atoms with Crippen LogP contribution in [0.15, 0.2) is 47.4 Å². The molecule has 1 atom stereocenters. The van der Waals surface area contributed by atoms with E-state index in [0.717, 1.165) is 16.4 Å². The largest absolute Gasteiger partial charge is 0.466 e. The zero-order valence-corrected chi connectivity index (χ0v) is 13.1. The number of hydrogen-bond acceptors (Lipinski definition) is 5. The van der Waals surface area contributed by atoms with Gasteiger partial charge in [-0.3, -0.25) is 0 Å². The van der Waals surface area contributed by atoms with Crippen molar-refractivity contribution in [1.82, 2.24) is 4.98 Å². The number of nitrogens with one attached hydrogen (secondary N) is 1. The molecule has 1 heterocycles. The second-order valence-electron chi connectivity index (χ2n) is 4.51. The van der Waals surface area contributed by atoms with Gasteiger partial charge in [0.25, 0.3) is 0 Å². The topological polar surface area (TPSA) is 51.2 Å². The second kappa shape index (κ2) is 7.04. The van der Waals surface area contributed by atoms with Crippen molar-refractivity contribution in [2.24, 2.45) is 0 Å². The van der Waals surface area contributed by atoms with Gasteiger partial charge in [0, 0.05) is 16.8 Å². The molecule has 5 heteroatoms. The Morgan fingerprint density at radius 2 is 2.10 bits per heavy atom. The van der Waals surface area contributed by atoms with Gasteiger partial charge in [-0.25, -0.2) is 9.78 Å². The standard InChI is InChI=1S/C16H18N2O2S/c1-4-13(16(19)20-3)14(15-17-11(2)10-21-15)18-12-8-6-5-7-9-12/h4-10,14,18H,1-3H3/b13-4+. The summed E-state index contributed by atoms with van der Waals surface area (Å²) in [4.78, 5) is 16.5. The highest BCUT2D eigenvalue weighted by molar-refractivity contribution is 7.09. The smallest absolute Gasteiger partial charge is 0.335 e. The Hall–Kier alpha value is -2.14. The molecule has 1 aromatic heterocycles. The van der Waals surface area contributed by atoms with Crippen LogP contribution in [0.1, 0.15) is 23.7 Å². The van der Waals surface area contributed by atoms with Crippen LogP contribution < -0.4 is 5.32 Å². The SMILES string of the molecule is C/C=C(/C(=O)OC)C(Nc1ccccc1)c1nc(C)cs1. The molecule has 0 aliphatic rings. The van der Waals surface area contributed by atoms with Crippen LogP contribution in [0.25, 0.3) is 0 Å². The lowest BCUT2D eigenvalue weighted by Gasteiger charge is -2.19. The van der Waals surface area contributed by atoms with Gasteiger partial charge in [0.15, 0.2) is 0 Å². The van der Waals surface area contributed by atoms with Crippen LogP contribution in [0.2, 0.25) is 0 Å². The van der Waals surface area contributed by atoms with Crippen LogP contribution in [-0.4, -0.2) is 18.1 Å². The first-order valence-corrected chi connectivity index (χ1v) is 7.51. The zero-order chi connectivity index (χ0) is 15.2. The fourth-order valence-corrected chi connectivity index (χ4v) is 2.86. The Kier molecular flexibility index (Phi) is 5.11. The van der Waals surface area contributed by atoms with E-state index in [1.807, 2.05) is 49.6 Å². The van der Waals surface area contributed by atoms with Crippen molar-refractivity contribution in [3.63, 3.8) is 0 Å². The lowest BCUT2D eigenvalue weighted by Crippen LogP contribution is -2.20. The fraction of sp³-hybridized carbons (Fsp3) is 0.250. The first-order valence-electron chi connectivity index (χ1n) is 6.63. The number of aryl methyl sites for hydroxylation is 1. The average Bonchev–Trinajstić information content (AvgIpc) is 2.94. The highest BCUT2D eigenvalue weighted by Gasteiger charge is 2.25. The molecule has 0 spiro atoms. The average molecular weight is 302 g/mol. The number of ether oxygens (including phenoxy) is 1.